The fourth-order valence-electron chi connectivity index (χ4n) is 3.44. The van der Waals surface area contributed by atoms with Gasteiger partial charge >= 0.3 is 0 Å². The van der Waals surface area contributed by atoms with Gasteiger partial charge < -0.3 is 10.6 Å². The maximum atomic E-state index is 6.33. The van der Waals surface area contributed by atoms with Gasteiger partial charge in [0.15, 0.2) is 0 Å². The molecule has 1 fully saturated rings. The Morgan fingerprint density at radius 2 is 1.94 bits per heavy atom. The minimum absolute atomic E-state index is 0.357. The molecule has 0 saturated carbocycles. The van der Waals surface area contributed by atoms with Crippen LogP contribution in [0.1, 0.15) is 24.8 Å². The van der Waals surface area contributed by atoms with Crippen molar-refractivity contribution in [2.24, 2.45) is 11.7 Å². The molecule has 2 atom stereocenters. The van der Waals surface area contributed by atoms with Crippen LogP contribution in [0.2, 0.25) is 0 Å². The summed E-state index contributed by atoms with van der Waals surface area (Å²) in [5.74, 6) is 0.577. The summed E-state index contributed by atoms with van der Waals surface area (Å²) in [6.07, 6.45) is 3.48. The predicted molar refractivity (Wildman–Crippen MR) is 76.2 cm³/mol. The Morgan fingerprint density at radius 1 is 1.17 bits per heavy atom. The molecule has 2 aliphatic rings. The van der Waals surface area contributed by atoms with Crippen LogP contribution in [0.5, 0.6) is 0 Å². The third-order valence-corrected chi connectivity index (χ3v) is 4.47. The van der Waals surface area contributed by atoms with Crippen molar-refractivity contribution in [2.75, 3.05) is 20.1 Å². The molecule has 1 saturated heterocycles. The zero-order chi connectivity index (χ0) is 12.5. The first-order chi connectivity index (χ1) is 8.75. The van der Waals surface area contributed by atoms with E-state index in [0.29, 0.717) is 12.0 Å². The molecule has 1 aromatic carbocycles. The van der Waals surface area contributed by atoms with E-state index in [4.69, 9.17) is 5.73 Å². The van der Waals surface area contributed by atoms with Gasteiger partial charge in [-0.3, -0.25) is 0 Å². The summed E-state index contributed by atoms with van der Waals surface area (Å²) < 4.78 is 0. The molecule has 1 aliphatic heterocycles. The number of nitrogens with zero attached hydrogens (tertiary/aromatic N) is 1. The molecule has 96 valence electrons. The second-order valence-electron chi connectivity index (χ2n) is 5.69. The quantitative estimate of drug-likeness (QED) is 0.820. The van der Waals surface area contributed by atoms with E-state index in [0.717, 1.165) is 19.4 Å². The Labute approximate surface area is 109 Å². The summed E-state index contributed by atoms with van der Waals surface area (Å²) in [6.45, 7) is 2.31. The van der Waals surface area contributed by atoms with Gasteiger partial charge in [-0.1, -0.05) is 35.9 Å². The number of piperidine rings is 1. The highest BCUT2D eigenvalue weighted by molar-refractivity contribution is 5.70. The van der Waals surface area contributed by atoms with Crippen molar-refractivity contribution in [3.63, 3.8) is 0 Å². The second-order valence-corrected chi connectivity index (χ2v) is 5.69. The highest BCUT2D eigenvalue weighted by atomic mass is 15.1. The van der Waals surface area contributed by atoms with Crippen LogP contribution >= 0.6 is 0 Å². The van der Waals surface area contributed by atoms with Gasteiger partial charge in [-0.25, -0.2) is 0 Å². The van der Waals surface area contributed by atoms with Crippen LogP contribution in [0.4, 0.5) is 0 Å². The lowest BCUT2D eigenvalue weighted by atomic mass is 9.74. The molecule has 1 aromatic rings. The Hall–Kier alpha value is -1.12. The van der Waals surface area contributed by atoms with Crippen LogP contribution in [-0.2, 0) is 0 Å². The van der Waals surface area contributed by atoms with Crippen LogP contribution in [0, 0.1) is 5.92 Å². The monoisotopic (exact) mass is 242 g/mol. The molecule has 0 spiro atoms. The average Bonchev–Trinajstić information content (AvgIpc) is 2.41. The summed E-state index contributed by atoms with van der Waals surface area (Å²) in [4.78, 5) is 2.42. The number of likely N-dealkylation sites (tertiary alicyclic amines) is 1. The number of rotatable bonds is 1. The maximum absolute atomic E-state index is 6.33. The Balaban J connectivity index is 2.00. The molecule has 0 amide bonds. The summed E-state index contributed by atoms with van der Waals surface area (Å²) in [7, 11) is 2.21. The average molecular weight is 242 g/mol. The lowest BCUT2D eigenvalue weighted by molar-refractivity contribution is 0.227. The molecule has 0 radical (unpaired) electrons. The molecule has 3 rings (SSSR count). The highest BCUT2D eigenvalue weighted by Gasteiger charge is 2.33. The van der Waals surface area contributed by atoms with Gasteiger partial charge in [0.05, 0.1) is 0 Å². The zero-order valence-corrected chi connectivity index (χ0v) is 11.1. The third kappa shape index (κ3) is 2.11. The predicted octanol–water partition coefficient (Wildman–Crippen LogP) is 2.51. The first-order valence-electron chi connectivity index (χ1n) is 6.97. The number of fused-ring (bicyclic) bond motifs is 1. The van der Waals surface area contributed by atoms with Crippen molar-refractivity contribution < 1.29 is 0 Å². The Kier molecular flexibility index (Phi) is 3.23. The van der Waals surface area contributed by atoms with Crippen molar-refractivity contribution in [2.45, 2.75) is 25.3 Å². The second kappa shape index (κ2) is 4.87. The number of benzene rings is 1. The van der Waals surface area contributed by atoms with Gasteiger partial charge in [0.1, 0.15) is 0 Å². The van der Waals surface area contributed by atoms with Gasteiger partial charge in [0, 0.05) is 25.0 Å². The van der Waals surface area contributed by atoms with Crippen molar-refractivity contribution in [1.82, 2.24) is 4.90 Å². The molecule has 18 heavy (non-hydrogen) atoms. The lowest BCUT2D eigenvalue weighted by Crippen LogP contribution is -2.45. The standard InChI is InChI=1S/C16H22N2/c1-18-10-9-14-13(12-5-3-2-4-6-12)7-8-16(17)15(14)11-18/h2-6,15-16H,7-11,17H2,1H3. The zero-order valence-electron chi connectivity index (χ0n) is 11.1. The number of hydrogen-bond donors (Lipinski definition) is 1. The summed E-state index contributed by atoms with van der Waals surface area (Å²) in [5, 5.41) is 0. The van der Waals surface area contributed by atoms with Crippen molar-refractivity contribution in [1.29, 1.82) is 0 Å². The van der Waals surface area contributed by atoms with Gasteiger partial charge in [0.25, 0.3) is 0 Å². The molecule has 0 bridgehead atoms. The first-order valence-corrected chi connectivity index (χ1v) is 6.97. The Morgan fingerprint density at radius 3 is 2.72 bits per heavy atom. The van der Waals surface area contributed by atoms with Crippen LogP contribution < -0.4 is 5.73 Å². The van der Waals surface area contributed by atoms with Crippen molar-refractivity contribution >= 4 is 5.57 Å². The van der Waals surface area contributed by atoms with Crippen LogP contribution in [0.3, 0.4) is 0 Å². The third-order valence-electron chi connectivity index (χ3n) is 4.47. The van der Waals surface area contributed by atoms with Crippen LogP contribution in [0.15, 0.2) is 35.9 Å². The number of allylic oxidation sites excluding steroid dienone is 1. The van der Waals surface area contributed by atoms with E-state index in [1.807, 2.05) is 0 Å². The minimum Gasteiger partial charge on any atom is -0.327 e. The molecule has 2 unspecified atom stereocenters. The van der Waals surface area contributed by atoms with Gasteiger partial charge in [-0.2, -0.15) is 0 Å². The minimum atomic E-state index is 0.357. The van der Waals surface area contributed by atoms with E-state index in [2.05, 4.69) is 42.3 Å². The summed E-state index contributed by atoms with van der Waals surface area (Å²) in [5.41, 5.74) is 11.0. The molecule has 0 aromatic heterocycles. The van der Waals surface area contributed by atoms with E-state index < -0.39 is 0 Å². The molecule has 2 N–H and O–H groups in total. The van der Waals surface area contributed by atoms with E-state index in [9.17, 15) is 0 Å². The van der Waals surface area contributed by atoms with Crippen molar-refractivity contribution in [3.8, 4) is 0 Å². The van der Waals surface area contributed by atoms with Gasteiger partial charge in [0.2, 0.25) is 0 Å². The molecular formula is C16H22N2. The summed E-state index contributed by atoms with van der Waals surface area (Å²) in [6, 6.07) is 11.2. The van der Waals surface area contributed by atoms with Gasteiger partial charge in [-0.05, 0) is 37.4 Å². The van der Waals surface area contributed by atoms with Gasteiger partial charge in [-0.15, -0.1) is 0 Å². The lowest BCUT2D eigenvalue weighted by Gasteiger charge is -2.40. The van der Waals surface area contributed by atoms with E-state index in [-0.39, 0.29) is 0 Å². The number of hydrogen-bond acceptors (Lipinski definition) is 2. The van der Waals surface area contributed by atoms with Crippen LogP contribution in [0.25, 0.3) is 5.57 Å². The maximum Gasteiger partial charge on any atom is 0.0120 e. The largest absolute Gasteiger partial charge is 0.327 e. The Bertz CT molecular complexity index is 449. The van der Waals surface area contributed by atoms with E-state index >= 15 is 0 Å². The SMILES string of the molecule is CN1CCC2=C(c3ccccc3)CCC(N)C2C1. The molecule has 1 aliphatic carbocycles. The first kappa shape index (κ1) is 11.9. The highest BCUT2D eigenvalue weighted by Crippen LogP contribution is 2.39. The van der Waals surface area contributed by atoms with E-state index in [1.54, 1.807) is 11.1 Å². The van der Waals surface area contributed by atoms with E-state index in [1.165, 1.54) is 18.5 Å². The molecule has 2 nitrogen and oxygen atoms in total. The van der Waals surface area contributed by atoms with Crippen molar-refractivity contribution in [3.05, 3.63) is 41.5 Å². The molecule has 2 heteroatoms. The molecule has 1 heterocycles. The summed E-state index contributed by atoms with van der Waals surface area (Å²) >= 11 is 0. The number of nitrogens with two attached hydrogens (primary N) is 1. The fraction of sp³-hybridized carbons (Fsp3) is 0.500. The normalized spacial score (nSPS) is 29.2. The van der Waals surface area contributed by atoms with Crippen LogP contribution in [-0.4, -0.2) is 31.1 Å². The smallest absolute Gasteiger partial charge is 0.0120 e. The topological polar surface area (TPSA) is 29.3 Å². The molecular weight excluding hydrogens is 220 g/mol. The fourth-order valence-corrected chi connectivity index (χ4v) is 3.44.